The van der Waals surface area contributed by atoms with E-state index < -0.39 is 23.0 Å². The molecule has 2 atom stereocenters. The molecule has 9 nitrogen and oxygen atoms in total. The van der Waals surface area contributed by atoms with Crippen LogP contribution in [0.4, 0.5) is 16.2 Å². The number of rotatable bonds is 8. The highest BCUT2D eigenvalue weighted by Crippen LogP contribution is 2.25. The summed E-state index contributed by atoms with van der Waals surface area (Å²) in [6.45, 7) is 4.55. The van der Waals surface area contributed by atoms with Crippen LogP contribution in [0.2, 0.25) is 0 Å². The Morgan fingerprint density at radius 3 is 2.22 bits per heavy atom. The monoisotopic (exact) mass is 519 g/mol. The number of hydrogen-bond donors (Lipinski definition) is 4. The largest absolute Gasteiger partial charge is 0.366 e. The molecule has 3 amide bonds. The number of urea groups is 1. The Bertz CT molecular complexity index is 1260. The quantitative estimate of drug-likeness (QED) is 0.125. The maximum absolute atomic E-state index is 13.4. The van der Waals surface area contributed by atoms with Gasteiger partial charge in [0.15, 0.2) is 16.1 Å². The van der Waals surface area contributed by atoms with Gasteiger partial charge in [-0.05, 0) is 72.0 Å². The number of aliphatic imine (C=N–C) groups is 1. The average molecular weight is 520 g/mol. The fourth-order valence-electron chi connectivity index (χ4n) is 3.55. The van der Waals surface area contributed by atoms with Crippen LogP contribution < -0.4 is 16.0 Å². The van der Waals surface area contributed by atoms with Crippen LogP contribution in [0.15, 0.2) is 87.8 Å². The number of carbonyl (C=O) groups excluding carboxylic acids is 2. The third kappa shape index (κ3) is 7.48. The maximum atomic E-state index is 13.4. The first-order valence-corrected chi connectivity index (χ1v) is 13.3. The Balaban J connectivity index is 1.86. The molecule has 0 radical (unpaired) electrons. The second kappa shape index (κ2) is 12.8. The molecule has 0 aliphatic carbocycles. The number of nitrogens with one attached hydrogen (secondary N) is 2. The van der Waals surface area contributed by atoms with E-state index in [2.05, 4.69) is 29.3 Å². The number of guanidine groups is 1. The summed E-state index contributed by atoms with van der Waals surface area (Å²) in [7, 11) is 0. The minimum absolute atomic E-state index is 0.254. The Hall–Kier alpha value is -4.02. The molecule has 5 N–H and O–H groups in total. The van der Waals surface area contributed by atoms with Gasteiger partial charge in [0.25, 0.3) is 5.91 Å². The fraction of sp³-hybridized carbons (Fsp3) is 0.222. The Labute approximate surface area is 219 Å². The van der Waals surface area contributed by atoms with Gasteiger partial charge in [0.2, 0.25) is 5.96 Å². The van der Waals surface area contributed by atoms with Crippen molar-refractivity contribution in [3.05, 3.63) is 89.5 Å². The van der Waals surface area contributed by atoms with E-state index in [9.17, 15) is 14.1 Å². The van der Waals surface area contributed by atoms with Crippen molar-refractivity contribution in [2.75, 3.05) is 16.5 Å². The van der Waals surface area contributed by atoms with Crippen molar-refractivity contribution in [2.24, 2.45) is 15.8 Å². The lowest BCUT2D eigenvalue weighted by atomic mass is 9.98. The van der Waals surface area contributed by atoms with E-state index >= 15 is 0 Å². The summed E-state index contributed by atoms with van der Waals surface area (Å²) >= 11 is -0.858. The number of benzene rings is 3. The zero-order valence-corrected chi connectivity index (χ0v) is 21.8. The Morgan fingerprint density at radius 1 is 1.05 bits per heavy atom. The lowest BCUT2D eigenvalue weighted by molar-refractivity contribution is 0.100. The van der Waals surface area contributed by atoms with Gasteiger partial charge >= 0.3 is 6.03 Å². The summed E-state index contributed by atoms with van der Waals surface area (Å²) in [6.07, 6.45) is 2.73. The average Bonchev–Trinajstić information content (AvgIpc) is 2.91. The SMILES string of the molecule is CCC(C)c1ccc(N(Cc2ccc(C(=O)N=C(N)N=N)cc2)C(=O)Nc2ccc([S+](C)O)cc2)cc1. The van der Waals surface area contributed by atoms with Gasteiger partial charge in [0, 0.05) is 16.9 Å². The minimum atomic E-state index is -0.858. The first kappa shape index (κ1) is 27.6. The van der Waals surface area contributed by atoms with Gasteiger partial charge in [0.05, 0.1) is 6.54 Å². The number of hydrogen-bond acceptors (Lipinski definition) is 4. The molecule has 0 saturated heterocycles. The predicted molar refractivity (Wildman–Crippen MR) is 149 cm³/mol. The molecule has 0 bridgehead atoms. The van der Waals surface area contributed by atoms with Crippen LogP contribution in [0, 0.1) is 5.53 Å². The molecule has 0 aromatic heterocycles. The highest BCUT2D eigenvalue weighted by Gasteiger charge is 2.19. The molecular formula is C27H31N6O3S+. The molecule has 0 saturated carbocycles. The topological polar surface area (TPSA) is 144 Å². The van der Waals surface area contributed by atoms with E-state index in [-0.39, 0.29) is 12.6 Å². The summed E-state index contributed by atoms with van der Waals surface area (Å²) in [5, 5.41) is 5.86. The fourth-order valence-corrected chi connectivity index (χ4v) is 4.08. The highest BCUT2D eigenvalue weighted by atomic mass is 32.2. The van der Waals surface area contributed by atoms with E-state index in [1.54, 1.807) is 59.7 Å². The van der Waals surface area contributed by atoms with Crippen LogP contribution in [0.5, 0.6) is 0 Å². The molecule has 0 fully saturated rings. The predicted octanol–water partition coefficient (Wildman–Crippen LogP) is 6.00. The van der Waals surface area contributed by atoms with Crippen molar-refractivity contribution in [3.8, 4) is 0 Å². The van der Waals surface area contributed by atoms with Crippen molar-refractivity contribution < 1.29 is 14.1 Å². The van der Waals surface area contributed by atoms with Crippen LogP contribution in [0.1, 0.15) is 47.7 Å². The third-order valence-electron chi connectivity index (χ3n) is 5.95. The van der Waals surface area contributed by atoms with E-state index in [0.717, 1.165) is 22.6 Å². The van der Waals surface area contributed by atoms with E-state index in [0.29, 0.717) is 17.2 Å². The van der Waals surface area contributed by atoms with E-state index in [1.807, 2.05) is 24.3 Å². The molecule has 3 rings (SSSR count). The zero-order valence-electron chi connectivity index (χ0n) is 21.0. The lowest BCUT2D eigenvalue weighted by Gasteiger charge is -2.24. The molecule has 2 unspecified atom stereocenters. The normalized spacial score (nSPS) is 12.9. The number of amides is 3. The van der Waals surface area contributed by atoms with Crippen molar-refractivity contribution in [3.63, 3.8) is 0 Å². The van der Waals surface area contributed by atoms with E-state index in [4.69, 9.17) is 11.3 Å². The smallest absolute Gasteiger partial charge is 0.326 e. The third-order valence-corrected chi connectivity index (χ3v) is 6.90. The van der Waals surface area contributed by atoms with Gasteiger partial charge < -0.3 is 11.1 Å². The molecule has 192 valence electrons. The van der Waals surface area contributed by atoms with Crippen LogP contribution in [0.25, 0.3) is 0 Å². The van der Waals surface area contributed by atoms with E-state index in [1.165, 1.54) is 5.56 Å². The Morgan fingerprint density at radius 2 is 1.68 bits per heavy atom. The summed E-state index contributed by atoms with van der Waals surface area (Å²) in [5.41, 5.74) is 15.8. The molecule has 0 aliphatic heterocycles. The summed E-state index contributed by atoms with van der Waals surface area (Å²) in [4.78, 5) is 31.5. The van der Waals surface area contributed by atoms with Gasteiger partial charge in [-0.1, -0.05) is 38.1 Å². The first-order chi connectivity index (χ1) is 17.7. The van der Waals surface area contributed by atoms with Crippen LogP contribution in [0.3, 0.4) is 0 Å². The molecule has 10 heteroatoms. The second-order valence-electron chi connectivity index (χ2n) is 8.50. The van der Waals surface area contributed by atoms with Crippen LogP contribution in [-0.2, 0) is 17.7 Å². The van der Waals surface area contributed by atoms with Crippen LogP contribution >= 0.6 is 0 Å². The number of nitrogens with two attached hydrogens (primary N) is 1. The van der Waals surface area contributed by atoms with Gasteiger partial charge in [-0.15, -0.1) is 5.11 Å². The second-order valence-corrected chi connectivity index (χ2v) is 9.93. The summed E-state index contributed by atoms with van der Waals surface area (Å²) in [6, 6.07) is 21.3. The van der Waals surface area contributed by atoms with Crippen molar-refractivity contribution in [2.45, 2.75) is 37.6 Å². The Kier molecular flexibility index (Phi) is 9.53. The summed E-state index contributed by atoms with van der Waals surface area (Å²) < 4.78 is 9.77. The molecule has 0 heterocycles. The standard InChI is InChI=1S/C27H30N6O3S/c1-4-18(2)20-9-13-23(14-10-20)33(27(35)30-22-11-15-24(16-12-22)37(3)36)17-19-5-7-21(8-6-19)25(34)31-26(28)32-29/h5-16,18,29,36H,4,17H2,1-3H3,(H2-,28,30,31,34,35)/p+1. The molecule has 3 aromatic rings. The van der Waals surface area contributed by atoms with Gasteiger partial charge in [-0.2, -0.15) is 9.55 Å². The number of nitrogens with zero attached hydrogens (tertiary/aromatic N) is 3. The molecular weight excluding hydrogens is 488 g/mol. The first-order valence-electron chi connectivity index (χ1n) is 11.7. The van der Waals surface area contributed by atoms with Crippen molar-refractivity contribution in [1.82, 2.24) is 0 Å². The van der Waals surface area contributed by atoms with Crippen LogP contribution in [-0.4, -0.2) is 28.7 Å². The molecule has 0 aliphatic rings. The van der Waals surface area contributed by atoms with Crippen molar-refractivity contribution >= 4 is 40.4 Å². The number of anilines is 2. The van der Waals surface area contributed by atoms with Crippen molar-refractivity contribution in [1.29, 1.82) is 5.53 Å². The van der Waals surface area contributed by atoms with Gasteiger partial charge in [0.1, 0.15) is 6.26 Å². The molecule has 3 aromatic carbocycles. The molecule has 37 heavy (non-hydrogen) atoms. The van der Waals surface area contributed by atoms with Gasteiger partial charge in [-0.3, -0.25) is 9.69 Å². The maximum Gasteiger partial charge on any atom is 0.326 e. The lowest BCUT2D eigenvalue weighted by Crippen LogP contribution is -2.34. The minimum Gasteiger partial charge on any atom is -0.366 e. The zero-order chi connectivity index (χ0) is 26.9. The van der Waals surface area contributed by atoms with Gasteiger partial charge in [-0.25, -0.2) is 10.3 Å². The highest BCUT2D eigenvalue weighted by molar-refractivity contribution is 7.90. The number of carbonyl (C=O) groups is 2. The summed E-state index contributed by atoms with van der Waals surface area (Å²) in [5.74, 6) is -0.606. The molecule has 0 spiro atoms.